The highest BCUT2D eigenvalue weighted by atomic mass is 35.5. The second-order valence-corrected chi connectivity index (χ2v) is 6.80. The fourth-order valence-corrected chi connectivity index (χ4v) is 3.96. The number of nitrogens with two attached hydrogens (primary N) is 1. The van der Waals surface area contributed by atoms with Crippen molar-refractivity contribution in [3.8, 4) is 0 Å². The van der Waals surface area contributed by atoms with Gasteiger partial charge in [-0.1, -0.05) is 18.2 Å². The number of hydrogen-bond acceptors (Lipinski definition) is 4. The number of anilines is 1. The van der Waals surface area contributed by atoms with Crippen LogP contribution < -0.4 is 10.6 Å². The van der Waals surface area contributed by atoms with Gasteiger partial charge < -0.3 is 10.6 Å². The number of nitrogens with zero attached hydrogens (tertiary/aromatic N) is 2. The van der Waals surface area contributed by atoms with Crippen LogP contribution in [0.3, 0.4) is 0 Å². The summed E-state index contributed by atoms with van der Waals surface area (Å²) < 4.78 is 0. The molecule has 2 aromatic rings. The Morgan fingerprint density at radius 2 is 2.14 bits per heavy atom. The molecule has 0 saturated heterocycles. The summed E-state index contributed by atoms with van der Waals surface area (Å²) in [5.74, 6) is 0.0192. The van der Waals surface area contributed by atoms with E-state index >= 15 is 0 Å². The van der Waals surface area contributed by atoms with Crippen molar-refractivity contribution < 1.29 is 4.79 Å². The average molecular weight is 336 g/mol. The minimum atomic E-state index is 0. The standard InChI is InChI=1S/C16H17N3OS.ClH/c17-8-5-14-18-12(9-21-14)15(20)19-10-16(6-7-16)11-3-1-2-4-13(11)19;/h1-4,9H,5-8,10,17H2;1H. The summed E-state index contributed by atoms with van der Waals surface area (Å²) in [6.07, 6.45) is 3.10. The quantitative estimate of drug-likeness (QED) is 0.938. The summed E-state index contributed by atoms with van der Waals surface area (Å²) in [5, 5.41) is 2.79. The number of carbonyl (C=O) groups excluding carboxylic acids is 1. The number of fused-ring (bicyclic) bond motifs is 2. The number of thiazole rings is 1. The van der Waals surface area contributed by atoms with Gasteiger partial charge in [0.25, 0.3) is 5.91 Å². The summed E-state index contributed by atoms with van der Waals surface area (Å²) in [4.78, 5) is 19.1. The van der Waals surface area contributed by atoms with Gasteiger partial charge in [0.15, 0.2) is 0 Å². The van der Waals surface area contributed by atoms with Gasteiger partial charge in [0.05, 0.1) is 5.01 Å². The lowest BCUT2D eigenvalue weighted by Gasteiger charge is -2.16. The molecule has 1 amide bonds. The Morgan fingerprint density at radius 3 is 2.86 bits per heavy atom. The molecule has 0 atom stereocenters. The van der Waals surface area contributed by atoms with Crippen LogP contribution in [-0.4, -0.2) is 24.0 Å². The van der Waals surface area contributed by atoms with Gasteiger partial charge in [-0.05, 0) is 31.0 Å². The zero-order valence-corrected chi connectivity index (χ0v) is 13.8. The Balaban J connectivity index is 0.00000144. The largest absolute Gasteiger partial charge is 0.330 e. The SMILES string of the molecule is Cl.NCCc1nc(C(=O)N2CC3(CC3)c3ccccc32)cs1. The fourth-order valence-electron chi connectivity index (χ4n) is 3.18. The van der Waals surface area contributed by atoms with Crippen molar-refractivity contribution in [2.75, 3.05) is 18.0 Å². The molecule has 0 radical (unpaired) electrons. The van der Waals surface area contributed by atoms with E-state index in [0.717, 1.165) is 23.7 Å². The first-order valence-electron chi connectivity index (χ1n) is 7.29. The third kappa shape index (κ3) is 2.33. The molecule has 6 heteroatoms. The van der Waals surface area contributed by atoms with Crippen molar-refractivity contribution in [2.24, 2.45) is 5.73 Å². The molecule has 116 valence electrons. The first-order valence-corrected chi connectivity index (χ1v) is 8.17. The highest BCUT2D eigenvalue weighted by molar-refractivity contribution is 7.09. The Bertz CT molecular complexity index is 711. The molecule has 1 aromatic carbocycles. The average Bonchev–Trinajstić information content (AvgIpc) is 3.00. The minimum Gasteiger partial charge on any atom is -0.330 e. The molecular weight excluding hydrogens is 318 g/mol. The maximum atomic E-state index is 12.8. The van der Waals surface area contributed by atoms with Crippen LogP contribution in [-0.2, 0) is 11.8 Å². The zero-order chi connectivity index (χ0) is 14.4. The van der Waals surface area contributed by atoms with Gasteiger partial charge >= 0.3 is 0 Å². The summed E-state index contributed by atoms with van der Waals surface area (Å²) in [6.45, 7) is 1.37. The van der Waals surface area contributed by atoms with Crippen molar-refractivity contribution in [1.82, 2.24) is 4.98 Å². The molecule has 0 unspecified atom stereocenters. The second-order valence-electron chi connectivity index (χ2n) is 5.85. The predicted octanol–water partition coefficient (Wildman–Crippen LogP) is 2.76. The highest BCUT2D eigenvalue weighted by Gasteiger charge is 2.52. The normalized spacial score (nSPS) is 17.2. The molecule has 1 aliphatic carbocycles. The molecule has 1 spiro atoms. The van der Waals surface area contributed by atoms with Crippen molar-refractivity contribution >= 4 is 35.3 Å². The van der Waals surface area contributed by atoms with E-state index in [-0.39, 0.29) is 23.7 Å². The topological polar surface area (TPSA) is 59.2 Å². The van der Waals surface area contributed by atoms with E-state index in [9.17, 15) is 4.79 Å². The van der Waals surface area contributed by atoms with Crippen molar-refractivity contribution in [3.63, 3.8) is 0 Å². The smallest absolute Gasteiger partial charge is 0.277 e. The van der Waals surface area contributed by atoms with E-state index in [1.54, 1.807) is 0 Å². The van der Waals surface area contributed by atoms with Crippen LogP contribution in [0.5, 0.6) is 0 Å². The summed E-state index contributed by atoms with van der Waals surface area (Å²) >= 11 is 1.52. The Labute approximate surface area is 139 Å². The van der Waals surface area contributed by atoms with Gasteiger partial charge in [0.2, 0.25) is 0 Å². The van der Waals surface area contributed by atoms with Crippen molar-refractivity contribution in [1.29, 1.82) is 0 Å². The number of para-hydroxylation sites is 1. The second kappa shape index (κ2) is 5.65. The monoisotopic (exact) mass is 335 g/mol. The molecule has 4 rings (SSSR count). The number of rotatable bonds is 3. The zero-order valence-electron chi connectivity index (χ0n) is 12.1. The molecule has 0 bridgehead atoms. The molecule has 4 nitrogen and oxygen atoms in total. The maximum Gasteiger partial charge on any atom is 0.277 e. The molecular formula is C16H18ClN3OS. The summed E-state index contributed by atoms with van der Waals surface area (Å²) in [6, 6.07) is 8.28. The Hall–Kier alpha value is -1.43. The predicted molar refractivity (Wildman–Crippen MR) is 91.2 cm³/mol. The van der Waals surface area contributed by atoms with E-state index in [1.807, 2.05) is 22.4 Å². The van der Waals surface area contributed by atoms with Crippen molar-refractivity contribution in [3.05, 3.63) is 45.9 Å². The lowest BCUT2D eigenvalue weighted by Crippen LogP contribution is -2.31. The van der Waals surface area contributed by atoms with Crippen LogP contribution >= 0.6 is 23.7 Å². The van der Waals surface area contributed by atoms with E-state index in [2.05, 4.69) is 17.1 Å². The fraction of sp³-hybridized carbons (Fsp3) is 0.375. The number of amides is 1. The first kappa shape index (κ1) is 15.5. The molecule has 22 heavy (non-hydrogen) atoms. The molecule has 1 aromatic heterocycles. The van der Waals surface area contributed by atoms with E-state index in [0.29, 0.717) is 12.2 Å². The Morgan fingerprint density at radius 1 is 1.36 bits per heavy atom. The van der Waals surface area contributed by atoms with Crippen LogP contribution in [0, 0.1) is 0 Å². The third-order valence-electron chi connectivity index (χ3n) is 4.45. The number of halogens is 1. The lowest BCUT2D eigenvalue weighted by molar-refractivity contribution is 0.0983. The summed E-state index contributed by atoms with van der Waals surface area (Å²) in [7, 11) is 0. The van der Waals surface area contributed by atoms with Crippen molar-refractivity contribution in [2.45, 2.75) is 24.7 Å². The van der Waals surface area contributed by atoms with Crippen LogP contribution in [0.15, 0.2) is 29.6 Å². The maximum absolute atomic E-state index is 12.8. The third-order valence-corrected chi connectivity index (χ3v) is 5.36. The molecule has 1 fully saturated rings. The van der Waals surface area contributed by atoms with Gasteiger partial charge in [-0.2, -0.15) is 0 Å². The lowest BCUT2D eigenvalue weighted by atomic mass is 9.99. The first-order chi connectivity index (χ1) is 10.2. The van der Waals surface area contributed by atoms with Crippen LogP contribution in [0.2, 0.25) is 0 Å². The molecule has 2 N–H and O–H groups in total. The number of carbonyl (C=O) groups is 1. The van der Waals surface area contributed by atoms with Gasteiger partial charge in [-0.15, -0.1) is 23.7 Å². The van der Waals surface area contributed by atoms with Gasteiger partial charge in [0, 0.05) is 29.4 Å². The molecule has 1 saturated carbocycles. The molecule has 2 aliphatic rings. The van der Waals surface area contributed by atoms with Crippen LogP contribution in [0.4, 0.5) is 5.69 Å². The minimum absolute atomic E-state index is 0. The van der Waals surface area contributed by atoms with Gasteiger partial charge in [-0.25, -0.2) is 4.98 Å². The van der Waals surface area contributed by atoms with E-state index in [4.69, 9.17) is 5.73 Å². The number of aromatic nitrogens is 1. The van der Waals surface area contributed by atoms with Gasteiger partial charge in [0.1, 0.15) is 5.69 Å². The van der Waals surface area contributed by atoms with Gasteiger partial charge in [-0.3, -0.25) is 4.79 Å². The number of hydrogen-bond donors (Lipinski definition) is 1. The van der Waals surface area contributed by atoms with E-state index in [1.165, 1.54) is 29.7 Å². The highest BCUT2D eigenvalue weighted by Crippen LogP contribution is 2.56. The molecule has 2 heterocycles. The summed E-state index contributed by atoms with van der Waals surface area (Å²) in [5.41, 5.74) is 8.72. The Kier molecular flexibility index (Phi) is 3.97. The van der Waals surface area contributed by atoms with Crippen LogP contribution in [0.25, 0.3) is 0 Å². The van der Waals surface area contributed by atoms with Crippen LogP contribution in [0.1, 0.15) is 33.9 Å². The van der Waals surface area contributed by atoms with E-state index < -0.39 is 0 Å². The molecule has 1 aliphatic heterocycles. The number of benzene rings is 1.